The largest absolute Gasteiger partial charge is 0.321 e. The van der Waals surface area contributed by atoms with E-state index in [2.05, 4.69) is 5.32 Å². The van der Waals surface area contributed by atoms with Gasteiger partial charge in [-0.2, -0.15) is 0 Å². The predicted molar refractivity (Wildman–Crippen MR) is 91.3 cm³/mol. The topological polar surface area (TPSA) is 89.3 Å². The van der Waals surface area contributed by atoms with Gasteiger partial charge < -0.3 is 5.32 Å². The highest BCUT2D eigenvalue weighted by Gasteiger charge is 2.17. The summed E-state index contributed by atoms with van der Waals surface area (Å²) in [6, 6.07) is 7.93. The number of aryl methyl sites for hydroxylation is 2. The van der Waals surface area contributed by atoms with Crippen LogP contribution in [0.4, 0.5) is 5.69 Å². The van der Waals surface area contributed by atoms with Crippen LogP contribution < -0.4 is 10.5 Å². The number of nitrogens with two attached hydrogens (primary N) is 1. The lowest BCUT2D eigenvalue weighted by Gasteiger charge is -2.05. The van der Waals surface area contributed by atoms with E-state index >= 15 is 0 Å². The van der Waals surface area contributed by atoms with Gasteiger partial charge in [0, 0.05) is 10.6 Å². The Labute approximate surface area is 139 Å². The van der Waals surface area contributed by atoms with Crippen molar-refractivity contribution in [3.63, 3.8) is 0 Å². The van der Waals surface area contributed by atoms with Gasteiger partial charge in [-0.1, -0.05) is 12.5 Å². The molecular weight excluding hydrogens is 332 g/mol. The van der Waals surface area contributed by atoms with Crippen LogP contribution in [-0.4, -0.2) is 14.3 Å². The van der Waals surface area contributed by atoms with Crippen LogP contribution in [0.25, 0.3) is 0 Å². The van der Waals surface area contributed by atoms with Crippen molar-refractivity contribution in [2.24, 2.45) is 5.14 Å². The van der Waals surface area contributed by atoms with Crippen LogP contribution in [0, 0.1) is 0 Å². The van der Waals surface area contributed by atoms with Gasteiger partial charge in [0.1, 0.15) is 0 Å². The Morgan fingerprint density at radius 3 is 2.70 bits per heavy atom. The van der Waals surface area contributed by atoms with E-state index < -0.39 is 10.0 Å². The Balaban J connectivity index is 1.80. The van der Waals surface area contributed by atoms with E-state index in [0.29, 0.717) is 10.6 Å². The maximum absolute atomic E-state index is 12.4. The number of benzene rings is 1. The lowest BCUT2D eigenvalue weighted by molar-refractivity contribution is 0.103. The van der Waals surface area contributed by atoms with Crippen molar-refractivity contribution in [3.05, 3.63) is 45.6 Å². The van der Waals surface area contributed by atoms with Crippen LogP contribution in [0.5, 0.6) is 0 Å². The molecule has 122 valence electrons. The molecule has 23 heavy (non-hydrogen) atoms. The normalized spacial score (nSPS) is 14.8. The lowest BCUT2D eigenvalue weighted by Crippen LogP contribution is -2.14. The highest BCUT2D eigenvalue weighted by Crippen LogP contribution is 2.29. The summed E-state index contributed by atoms with van der Waals surface area (Å²) in [5.41, 5.74) is 1.70. The number of sulfonamides is 1. The lowest BCUT2D eigenvalue weighted by atomic mass is 10.1. The molecule has 7 heteroatoms. The number of carbonyl (C=O) groups is 1. The average molecular weight is 350 g/mol. The van der Waals surface area contributed by atoms with Crippen molar-refractivity contribution in [3.8, 4) is 0 Å². The molecule has 3 rings (SSSR count). The SMILES string of the molecule is NS(=O)(=O)c1cccc(NC(=O)c2cc3c(s2)CCCCC3)c1. The maximum Gasteiger partial charge on any atom is 0.265 e. The number of amides is 1. The number of hydrogen-bond acceptors (Lipinski definition) is 4. The molecule has 3 N–H and O–H groups in total. The van der Waals surface area contributed by atoms with Crippen molar-refractivity contribution in [1.82, 2.24) is 0 Å². The van der Waals surface area contributed by atoms with Gasteiger partial charge in [0.2, 0.25) is 10.0 Å². The second-order valence-electron chi connectivity index (χ2n) is 5.65. The molecule has 0 saturated heterocycles. The van der Waals surface area contributed by atoms with Gasteiger partial charge in [0.25, 0.3) is 5.91 Å². The first kappa shape index (κ1) is 16.2. The molecule has 0 aliphatic heterocycles. The summed E-state index contributed by atoms with van der Waals surface area (Å²) in [7, 11) is -3.78. The van der Waals surface area contributed by atoms with E-state index in [-0.39, 0.29) is 10.8 Å². The van der Waals surface area contributed by atoms with E-state index in [0.717, 1.165) is 12.8 Å². The third kappa shape index (κ3) is 3.80. The van der Waals surface area contributed by atoms with Gasteiger partial charge in [0.15, 0.2) is 0 Å². The summed E-state index contributed by atoms with van der Waals surface area (Å²) < 4.78 is 22.7. The molecule has 1 amide bonds. The van der Waals surface area contributed by atoms with Crippen molar-refractivity contribution in [2.45, 2.75) is 37.0 Å². The monoisotopic (exact) mass is 350 g/mol. The predicted octanol–water partition coefficient (Wildman–Crippen LogP) is 2.92. The highest BCUT2D eigenvalue weighted by atomic mass is 32.2. The molecular formula is C16H18N2O3S2. The number of fused-ring (bicyclic) bond motifs is 1. The Morgan fingerprint density at radius 2 is 1.91 bits per heavy atom. The fraction of sp³-hybridized carbons (Fsp3) is 0.312. The number of carbonyl (C=O) groups excluding carboxylic acids is 1. The molecule has 5 nitrogen and oxygen atoms in total. The molecule has 1 aliphatic carbocycles. The Hall–Kier alpha value is -1.70. The van der Waals surface area contributed by atoms with Crippen molar-refractivity contribution in [1.29, 1.82) is 0 Å². The minimum absolute atomic E-state index is 0.0164. The molecule has 0 saturated carbocycles. The van der Waals surface area contributed by atoms with E-state index in [1.807, 2.05) is 6.07 Å². The van der Waals surface area contributed by atoms with Gasteiger partial charge in [-0.25, -0.2) is 13.6 Å². The highest BCUT2D eigenvalue weighted by molar-refractivity contribution is 7.89. The van der Waals surface area contributed by atoms with E-state index in [1.165, 1.54) is 53.2 Å². The van der Waals surface area contributed by atoms with Crippen LogP contribution in [0.3, 0.4) is 0 Å². The minimum atomic E-state index is -3.78. The summed E-state index contributed by atoms with van der Waals surface area (Å²) >= 11 is 1.53. The number of hydrogen-bond donors (Lipinski definition) is 2. The number of nitrogens with one attached hydrogen (secondary N) is 1. The van der Waals surface area contributed by atoms with Gasteiger partial charge in [-0.3, -0.25) is 4.79 Å². The van der Waals surface area contributed by atoms with Crippen molar-refractivity contribution in [2.75, 3.05) is 5.32 Å². The van der Waals surface area contributed by atoms with Crippen LogP contribution in [0.15, 0.2) is 35.2 Å². The summed E-state index contributed by atoms with van der Waals surface area (Å²) in [6.45, 7) is 0. The van der Waals surface area contributed by atoms with Gasteiger partial charge >= 0.3 is 0 Å². The van der Waals surface area contributed by atoms with Crippen molar-refractivity contribution >= 4 is 33.0 Å². The number of thiophene rings is 1. The second-order valence-corrected chi connectivity index (χ2v) is 8.34. The molecule has 0 spiro atoms. The van der Waals surface area contributed by atoms with Crippen LogP contribution in [0.2, 0.25) is 0 Å². The first-order chi connectivity index (χ1) is 10.9. The standard InChI is InChI=1S/C16H18N2O3S2/c17-23(20,21)13-7-4-6-12(10-13)18-16(19)15-9-11-5-2-1-3-8-14(11)22-15/h4,6-7,9-10H,1-3,5,8H2,(H,18,19)(H2,17,20,21). The maximum atomic E-state index is 12.4. The zero-order valence-electron chi connectivity index (χ0n) is 12.5. The zero-order chi connectivity index (χ0) is 16.4. The molecule has 1 aliphatic rings. The number of rotatable bonds is 3. The van der Waals surface area contributed by atoms with Crippen LogP contribution in [-0.2, 0) is 22.9 Å². The van der Waals surface area contributed by atoms with Gasteiger partial charge in [0.05, 0.1) is 9.77 Å². The Bertz CT molecular complexity index is 817. The molecule has 0 unspecified atom stereocenters. The quantitative estimate of drug-likeness (QED) is 0.834. The van der Waals surface area contributed by atoms with Crippen LogP contribution >= 0.6 is 11.3 Å². The summed E-state index contributed by atoms with van der Waals surface area (Å²) in [5, 5.41) is 7.86. The zero-order valence-corrected chi connectivity index (χ0v) is 14.2. The number of anilines is 1. The molecule has 1 heterocycles. The number of primary sulfonamides is 1. The fourth-order valence-corrected chi connectivity index (χ4v) is 4.43. The molecule has 2 aromatic rings. The molecule has 1 aromatic heterocycles. The van der Waals surface area contributed by atoms with Gasteiger partial charge in [-0.05, 0) is 55.5 Å². The van der Waals surface area contributed by atoms with E-state index in [4.69, 9.17) is 5.14 Å². The summed E-state index contributed by atoms with van der Waals surface area (Å²) in [5.74, 6) is -0.213. The Morgan fingerprint density at radius 1 is 1.13 bits per heavy atom. The second kappa shape index (κ2) is 6.43. The van der Waals surface area contributed by atoms with Crippen LogP contribution in [0.1, 0.15) is 39.4 Å². The van der Waals surface area contributed by atoms with Crippen molar-refractivity contribution < 1.29 is 13.2 Å². The Kier molecular flexibility index (Phi) is 4.52. The summed E-state index contributed by atoms with van der Waals surface area (Å²) in [6.07, 6.45) is 5.64. The molecule has 0 atom stereocenters. The third-order valence-corrected chi connectivity index (χ3v) is 6.04. The first-order valence-corrected chi connectivity index (χ1v) is 9.85. The molecule has 1 aromatic carbocycles. The molecule has 0 fully saturated rings. The fourth-order valence-electron chi connectivity index (χ4n) is 2.72. The minimum Gasteiger partial charge on any atom is -0.321 e. The van der Waals surface area contributed by atoms with E-state index in [1.54, 1.807) is 12.1 Å². The first-order valence-electron chi connectivity index (χ1n) is 7.49. The molecule has 0 bridgehead atoms. The van der Waals surface area contributed by atoms with Gasteiger partial charge in [-0.15, -0.1) is 11.3 Å². The third-order valence-electron chi connectivity index (χ3n) is 3.89. The average Bonchev–Trinajstić information content (AvgIpc) is 2.78. The summed E-state index contributed by atoms with van der Waals surface area (Å²) in [4.78, 5) is 14.3. The molecule has 0 radical (unpaired) electrons. The smallest absolute Gasteiger partial charge is 0.265 e. The van der Waals surface area contributed by atoms with E-state index in [9.17, 15) is 13.2 Å².